The molecule has 1 aliphatic heterocycles. The van der Waals surface area contributed by atoms with Crippen LogP contribution in [0.2, 0.25) is 0 Å². The lowest BCUT2D eigenvalue weighted by Crippen LogP contribution is -2.35. The van der Waals surface area contributed by atoms with Crippen LogP contribution < -0.4 is 5.73 Å². The minimum atomic E-state index is -0.376. The average Bonchev–Trinajstić information content (AvgIpc) is 2.68. The largest absolute Gasteiger partial charge is 0.458 e. The van der Waals surface area contributed by atoms with Gasteiger partial charge in [-0.05, 0) is 19.9 Å². The molecule has 6 nitrogen and oxygen atoms in total. The highest BCUT2D eigenvalue weighted by Gasteiger charge is 2.21. The highest BCUT2D eigenvalue weighted by molar-refractivity contribution is 5.88. The van der Waals surface area contributed by atoms with Crippen molar-refractivity contribution in [2.45, 2.75) is 18.9 Å². The van der Waals surface area contributed by atoms with Gasteiger partial charge in [-0.25, -0.2) is 4.79 Å². The second-order valence-electron chi connectivity index (χ2n) is 4.11. The van der Waals surface area contributed by atoms with Gasteiger partial charge in [0.1, 0.15) is 17.6 Å². The number of aromatic amines is 1. The number of carbonyl (C=O) groups is 1. The number of aromatic nitrogens is 2. The summed E-state index contributed by atoms with van der Waals surface area (Å²) in [6, 6.07) is 1.48. The molecule has 0 unspecified atom stereocenters. The molecule has 2 heterocycles. The van der Waals surface area contributed by atoms with Crippen LogP contribution in [-0.4, -0.2) is 47.3 Å². The lowest BCUT2D eigenvalue weighted by atomic mass is 10.1. The number of nitrogens with one attached hydrogen (secondary N) is 1. The van der Waals surface area contributed by atoms with Crippen molar-refractivity contribution in [3.05, 3.63) is 11.8 Å². The monoisotopic (exact) mass is 224 g/mol. The lowest BCUT2D eigenvalue weighted by molar-refractivity contribution is 0.0133. The quantitative estimate of drug-likeness (QED) is 0.703. The van der Waals surface area contributed by atoms with Gasteiger partial charge in [-0.2, -0.15) is 5.10 Å². The van der Waals surface area contributed by atoms with Gasteiger partial charge in [0, 0.05) is 19.2 Å². The molecule has 88 valence electrons. The van der Waals surface area contributed by atoms with Crippen LogP contribution in [0.3, 0.4) is 0 Å². The Kier molecular flexibility index (Phi) is 3.09. The standard InChI is InChI=1S/C10H16N4O2/c1-14-4-2-7(3-5-14)16-10(15)8-6-9(11)13-12-8/h6-7H,2-5H2,1H3,(H3,11,12,13). The summed E-state index contributed by atoms with van der Waals surface area (Å²) in [6.45, 7) is 1.92. The SMILES string of the molecule is CN1CCC(OC(=O)c2cc(N)n[nH]2)CC1. The molecule has 0 aromatic carbocycles. The number of ether oxygens (including phenoxy) is 1. The second-order valence-corrected chi connectivity index (χ2v) is 4.11. The molecule has 1 aromatic heterocycles. The van der Waals surface area contributed by atoms with Crippen molar-refractivity contribution in [1.29, 1.82) is 0 Å². The fourth-order valence-corrected chi connectivity index (χ4v) is 1.76. The van der Waals surface area contributed by atoms with Gasteiger partial charge in [0.25, 0.3) is 0 Å². The van der Waals surface area contributed by atoms with Gasteiger partial charge in [-0.3, -0.25) is 5.10 Å². The van der Waals surface area contributed by atoms with E-state index >= 15 is 0 Å². The number of carbonyl (C=O) groups excluding carboxylic acids is 1. The minimum Gasteiger partial charge on any atom is -0.458 e. The van der Waals surface area contributed by atoms with E-state index < -0.39 is 0 Å². The summed E-state index contributed by atoms with van der Waals surface area (Å²) < 4.78 is 5.35. The van der Waals surface area contributed by atoms with E-state index in [1.807, 2.05) is 0 Å². The Hall–Kier alpha value is -1.56. The third-order valence-electron chi connectivity index (χ3n) is 2.76. The maximum absolute atomic E-state index is 11.6. The predicted octanol–water partition coefficient (Wildman–Crippen LogP) is 0.243. The van der Waals surface area contributed by atoms with Crippen molar-refractivity contribution in [1.82, 2.24) is 15.1 Å². The summed E-state index contributed by atoms with van der Waals surface area (Å²) in [5, 5.41) is 6.23. The van der Waals surface area contributed by atoms with Crippen LogP contribution in [0, 0.1) is 0 Å². The van der Waals surface area contributed by atoms with Crippen molar-refractivity contribution in [2.24, 2.45) is 0 Å². The Morgan fingerprint density at radius 1 is 1.62 bits per heavy atom. The van der Waals surface area contributed by atoms with E-state index in [4.69, 9.17) is 10.5 Å². The Morgan fingerprint density at radius 3 is 2.88 bits per heavy atom. The molecule has 0 spiro atoms. The molecule has 6 heteroatoms. The lowest BCUT2D eigenvalue weighted by Gasteiger charge is -2.28. The Morgan fingerprint density at radius 2 is 2.31 bits per heavy atom. The predicted molar refractivity (Wildman–Crippen MR) is 58.9 cm³/mol. The van der Waals surface area contributed by atoms with Crippen molar-refractivity contribution >= 4 is 11.8 Å². The molecule has 0 saturated carbocycles. The summed E-state index contributed by atoms with van der Waals surface area (Å²) in [6.07, 6.45) is 1.77. The van der Waals surface area contributed by atoms with E-state index in [0.717, 1.165) is 25.9 Å². The smallest absolute Gasteiger partial charge is 0.356 e. The minimum absolute atomic E-state index is 0.00762. The molecular formula is C10H16N4O2. The molecule has 3 N–H and O–H groups in total. The molecule has 0 amide bonds. The average molecular weight is 224 g/mol. The number of piperidine rings is 1. The van der Waals surface area contributed by atoms with Crippen LogP contribution in [0.4, 0.5) is 5.82 Å². The summed E-state index contributed by atoms with van der Waals surface area (Å²) >= 11 is 0. The van der Waals surface area contributed by atoms with Crippen molar-refractivity contribution in [2.75, 3.05) is 25.9 Å². The van der Waals surface area contributed by atoms with Crippen LogP contribution in [0.25, 0.3) is 0 Å². The summed E-state index contributed by atoms with van der Waals surface area (Å²) in [7, 11) is 2.06. The number of nitrogens with zero attached hydrogens (tertiary/aromatic N) is 2. The zero-order valence-corrected chi connectivity index (χ0v) is 9.27. The van der Waals surface area contributed by atoms with Gasteiger partial charge in [0.15, 0.2) is 0 Å². The van der Waals surface area contributed by atoms with Crippen molar-refractivity contribution < 1.29 is 9.53 Å². The maximum Gasteiger partial charge on any atom is 0.356 e. The van der Waals surface area contributed by atoms with Gasteiger partial charge in [-0.1, -0.05) is 0 Å². The van der Waals surface area contributed by atoms with E-state index in [9.17, 15) is 4.79 Å². The van der Waals surface area contributed by atoms with Crippen LogP contribution in [-0.2, 0) is 4.74 Å². The fourth-order valence-electron chi connectivity index (χ4n) is 1.76. The van der Waals surface area contributed by atoms with E-state index in [-0.39, 0.29) is 12.1 Å². The first-order valence-electron chi connectivity index (χ1n) is 5.35. The molecule has 0 atom stereocenters. The number of nitrogens with two attached hydrogens (primary N) is 1. The number of hydrogen-bond donors (Lipinski definition) is 2. The van der Waals surface area contributed by atoms with Crippen LogP contribution in [0.15, 0.2) is 6.07 Å². The molecule has 1 aromatic rings. The van der Waals surface area contributed by atoms with Gasteiger partial charge >= 0.3 is 5.97 Å². The summed E-state index contributed by atoms with van der Waals surface area (Å²) in [4.78, 5) is 13.9. The van der Waals surface area contributed by atoms with Crippen molar-refractivity contribution in [3.63, 3.8) is 0 Å². The Labute approximate surface area is 93.8 Å². The summed E-state index contributed by atoms with van der Waals surface area (Å²) in [5.41, 5.74) is 5.73. The molecule has 2 rings (SSSR count). The number of likely N-dealkylation sites (tertiary alicyclic amines) is 1. The zero-order valence-electron chi connectivity index (χ0n) is 9.27. The van der Waals surface area contributed by atoms with E-state index in [2.05, 4.69) is 22.1 Å². The number of anilines is 1. The van der Waals surface area contributed by atoms with E-state index in [1.165, 1.54) is 6.07 Å². The second kappa shape index (κ2) is 4.52. The summed E-state index contributed by atoms with van der Waals surface area (Å²) in [5.74, 6) is -0.0749. The molecule has 0 bridgehead atoms. The molecular weight excluding hydrogens is 208 g/mol. The highest BCUT2D eigenvalue weighted by Crippen LogP contribution is 2.14. The number of hydrogen-bond acceptors (Lipinski definition) is 5. The highest BCUT2D eigenvalue weighted by atomic mass is 16.5. The Bertz CT molecular complexity index is 369. The number of nitrogen functional groups attached to an aromatic ring is 1. The van der Waals surface area contributed by atoms with Gasteiger partial charge in [-0.15, -0.1) is 0 Å². The fraction of sp³-hybridized carbons (Fsp3) is 0.600. The van der Waals surface area contributed by atoms with Crippen LogP contribution >= 0.6 is 0 Å². The van der Waals surface area contributed by atoms with Crippen LogP contribution in [0.1, 0.15) is 23.3 Å². The number of esters is 1. The first kappa shape index (κ1) is 10.9. The molecule has 1 fully saturated rings. The Balaban J connectivity index is 1.88. The topological polar surface area (TPSA) is 84.2 Å². The molecule has 0 radical (unpaired) electrons. The van der Waals surface area contributed by atoms with Gasteiger partial charge < -0.3 is 15.4 Å². The van der Waals surface area contributed by atoms with E-state index in [0.29, 0.717) is 11.5 Å². The van der Waals surface area contributed by atoms with E-state index in [1.54, 1.807) is 0 Å². The maximum atomic E-state index is 11.6. The normalized spacial score (nSPS) is 18.6. The molecule has 16 heavy (non-hydrogen) atoms. The van der Waals surface area contributed by atoms with Crippen molar-refractivity contribution in [3.8, 4) is 0 Å². The molecule has 0 aliphatic carbocycles. The number of H-pyrrole nitrogens is 1. The van der Waals surface area contributed by atoms with Gasteiger partial charge in [0.05, 0.1) is 0 Å². The number of rotatable bonds is 2. The van der Waals surface area contributed by atoms with Crippen LogP contribution in [0.5, 0.6) is 0 Å². The zero-order chi connectivity index (χ0) is 11.5. The molecule has 1 saturated heterocycles. The third kappa shape index (κ3) is 2.52. The third-order valence-corrected chi connectivity index (χ3v) is 2.76. The first-order chi connectivity index (χ1) is 7.65. The first-order valence-corrected chi connectivity index (χ1v) is 5.35. The van der Waals surface area contributed by atoms with Gasteiger partial charge in [0.2, 0.25) is 0 Å². The molecule has 1 aliphatic rings.